The summed E-state index contributed by atoms with van der Waals surface area (Å²) in [5.74, 6) is -0.0623. The van der Waals surface area contributed by atoms with Crippen molar-refractivity contribution in [3.8, 4) is 0 Å². The molecular weight excluding hydrogens is 636 g/mol. The van der Waals surface area contributed by atoms with Crippen molar-refractivity contribution in [2.45, 2.75) is 252 Å². The molecule has 0 heterocycles. The molecule has 1 atom stereocenters. The molecule has 0 aromatic rings. The molecule has 0 bridgehead atoms. The van der Waals surface area contributed by atoms with Crippen LogP contribution >= 0.6 is 0 Å². The third kappa shape index (κ3) is 39.5. The maximum atomic E-state index is 12.7. The Kier molecular flexibility index (Phi) is 38.4. The van der Waals surface area contributed by atoms with Crippen LogP contribution < -0.4 is 0 Å². The Morgan fingerprint density at radius 2 is 0.647 bits per heavy atom. The van der Waals surface area contributed by atoms with E-state index in [2.05, 4.69) is 27.7 Å². The second-order valence-corrected chi connectivity index (χ2v) is 15.8. The number of hydrogen-bond donors (Lipinski definition) is 0. The molecule has 0 aromatic heterocycles. The lowest BCUT2D eigenvalue weighted by Crippen LogP contribution is -2.30. The van der Waals surface area contributed by atoms with Gasteiger partial charge in [-0.15, -0.1) is 0 Å². The first kappa shape index (κ1) is 49.4. The van der Waals surface area contributed by atoms with Gasteiger partial charge in [-0.05, 0) is 25.2 Å². The summed E-state index contributed by atoms with van der Waals surface area (Å²) in [5.41, 5.74) is 0. The van der Waals surface area contributed by atoms with Gasteiger partial charge in [-0.25, -0.2) is 0 Å². The lowest BCUT2D eigenvalue weighted by molar-refractivity contribution is -0.167. The SMILES string of the molecule is CCCCCCCCCCCCCCCC(=O)O[C@@H](COC(=O)CCCCCCCCCCC)COC(=O)CCCCCCCCCCC(C)C. The second-order valence-electron chi connectivity index (χ2n) is 15.8. The van der Waals surface area contributed by atoms with Gasteiger partial charge in [0.05, 0.1) is 0 Å². The number of rotatable bonds is 40. The minimum absolute atomic E-state index is 0.0644. The third-order valence-electron chi connectivity index (χ3n) is 10.0. The zero-order chi connectivity index (χ0) is 37.5. The number of unbranched alkanes of at least 4 members (excludes halogenated alkanes) is 27. The molecule has 6 nitrogen and oxygen atoms in total. The Morgan fingerprint density at radius 3 is 0.961 bits per heavy atom. The fourth-order valence-corrected chi connectivity index (χ4v) is 6.63. The highest BCUT2D eigenvalue weighted by Crippen LogP contribution is 2.16. The Bertz CT molecular complexity index is 766. The maximum Gasteiger partial charge on any atom is 0.306 e. The van der Waals surface area contributed by atoms with Crippen molar-refractivity contribution >= 4 is 17.9 Å². The number of esters is 3. The van der Waals surface area contributed by atoms with Crippen LogP contribution in [-0.2, 0) is 28.6 Å². The topological polar surface area (TPSA) is 78.9 Å². The lowest BCUT2D eigenvalue weighted by atomic mass is 10.0. The predicted molar refractivity (Wildman–Crippen MR) is 215 cm³/mol. The van der Waals surface area contributed by atoms with E-state index in [1.807, 2.05) is 0 Å². The van der Waals surface area contributed by atoms with E-state index in [0.29, 0.717) is 19.3 Å². The first-order chi connectivity index (χ1) is 24.9. The van der Waals surface area contributed by atoms with Crippen LogP contribution in [0.15, 0.2) is 0 Å². The lowest BCUT2D eigenvalue weighted by Gasteiger charge is -2.18. The maximum absolute atomic E-state index is 12.7. The first-order valence-electron chi connectivity index (χ1n) is 22.4. The van der Waals surface area contributed by atoms with Gasteiger partial charge in [0.2, 0.25) is 0 Å². The van der Waals surface area contributed by atoms with Crippen molar-refractivity contribution < 1.29 is 28.6 Å². The van der Waals surface area contributed by atoms with E-state index in [9.17, 15) is 14.4 Å². The molecule has 0 rings (SSSR count). The highest BCUT2D eigenvalue weighted by molar-refractivity contribution is 5.71. The van der Waals surface area contributed by atoms with Crippen molar-refractivity contribution in [2.24, 2.45) is 5.92 Å². The number of carbonyl (C=O) groups excluding carboxylic acids is 3. The molecule has 6 heteroatoms. The molecule has 0 unspecified atom stereocenters. The van der Waals surface area contributed by atoms with Crippen LogP contribution in [-0.4, -0.2) is 37.2 Å². The van der Waals surface area contributed by atoms with E-state index in [-0.39, 0.29) is 31.1 Å². The Labute approximate surface area is 317 Å². The summed E-state index contributed by atoms with van der Waals surface area (Å²) < 4.78 is 16.7. The van der Waals surface area contributed by atoms with Crippen molar-refractivity contribution in [3.05, 3.63) is 0 Å². The molecule has 0 amide bonds. The average Bonchev–Trinajstić information content (AvgIpc) is 3.11. The Balaban J connectivity index is 4.32. The Morgan fingerprint density at radius 1 is 0.373 bits per heavy atom. The molecule has 302 valence electrons. The van der Waals surface area contributed by atoms with E-state index in [4.69, 9.17) is 14.2 Å². The average molecular weight is 723 g/mol. The van der Waals surface area contributed by atoms with Crippen molar-refractivity contribution in [3.63, 3.8) is 0 Å². The van der Waals surface area contributed by atoms with Crippen LogP contribution in [0.1, 0.15) is 246 Å². The van der Waals surface area contributed by atoms with E-state index < -0.39 is 6.10 Å². The minimum atomic E-state index is -0.758. The molecular formula is C45H86O6. The number of ether oxygens (including phenoxy) is 3. The van der Waals surface area contributed by atoms with Gasteiger partial charge in [0.15, 0.2) is 6.10 Å². The highest BCUT2D eigenvalue weighted by atomic mass is 16.6. The van der Waals surface area contributed by atoms with Gasteiger partial charge < -0.3 is 14.2 Å². The monoisotopic (exact) mass is 723 g/mol. The van der Waals surface area contributed by atoms with E-state index in [0.717, 1.165) is 63.7 Å². The molecule has 51 heavy (non-hydrogen) atoms. The number of carbonyl (C=O) groups is 3. The zero-order valence-corrected chi connectivity index (χ0v) is 34.6. The van der Waals surface area contributed by atoms with Crippen molar-refractivity contribution in [1.29, 1.82) is 0 Å². The molecule has 0 radical (unpaired) electrons. The predicted octanol–water partition coefficient (Wildman–Crippen LogP) is 13.9. The van der Waals surface area contributed by atoms with E-state index >= 15 is 0 Å². The molecule has 0 spiro atoms. The largest absolute Gasteiger partial charge is 0.462 e. The fourth-order valence-electron chi connectivity index (χ4n) is 6.63. The van der Waals surface area contributed by atoms with Gasteiger partial charge in [0, 0.05) is 19.3 Å². The summed E-state index contributed by atoms with van der Waals surface area (Å²) in [7, 11) is 0. The van der Waals surface area contributed by atoms with Gasteiger partial charge >= 0.3 is 17.9 Å². The van der Waals surface area contributed by atoms with Gasteiger partial charge in [-0.1, -0.05) is 207 Å². The highest BCUT2D eigenvalue weighted by Gasteiger charge is 2.19. The molecule has 0 N–H and O–H groups in total. The molecule has 0 saturated carbocycles. The molecule has 0 aliphatic heterocycles. The smallest absolute Gasteiger partial charge is 0.306 e. The van der Waals surface area contributed by atoms with Crippen LogP contribution in [0.2, 0.25) is 0 Å². The summed E-state index contributed by atoms with van der Waals surface area (Å²) in [6.45, 7) is 8.94. The molecule has 0 saturated heterocycles. The first-order valence-corrected chi connectivity index (χ1v) is 22.4. The molecule has 0 fully saturated rings. The van der Waals surface area contributed by atoms with Crippen LogP contribution in [0.3, 0.4) is 0 Å². The third-order valence-corrected chi connectivity index (χ3v) is 10.0. The van der Waals surface area contributed by atoms with Gasteiger partial charge in [-0.2, -0.15) is 0 Å². The van der Waals surface area contributed by atoms with Crippen LogP contribution in [0.25, 0.3) is 0 Å². The normalized spacial score (nSPS) is 11.9. The zero-order valence-electron chi connectivity index (χ0n) is 34.6. The summed E-state index contributed by atoms with van der Waals surface area (Å²) >= 11 is 0. The fraction of sp³-hybridized carbons (Fsp3) is 0.933. The Hall–Kier alpha value is -1.59. The minimum Gasteiger partial charge on any atom is -0.462 e. The summed E-state index contributed by atoms with van der Waals surface area (Å²) in [4.78, 5) is 37.6. The van der Waals surface area contributed by atoms with Gasteiger partial charge in [0.25, 0.3) is 0 Å². The quantitative estimate of drug-likeness (QED) is 0.0356. The van der Waals surface area contributed by atoms with E-state index in [1.165, 1.54) is 141 Å². The summed E-state index contributed by atoms with van der Waals surface area (Å²) in [6, 6.07) is 0. The molecule has 0 aliphatic carbocycles. The molecule has 0 aromatic carbocycles. The van der Waals surface area contributed by atoms with Gasteiger partial charge in [-0.3, -0.25) is 14.4 Å². The van der Waals surface area contributed by atoms with Crippen molar-refractivity contribution in [1.82, 2.24) is 0 Å². The molecule has 0 aliphatic rings. The van der Waals surface area contributed by atoms with Crippen LogP contribution in [0, 0.1) is 5.92 Å². The summed E-state index contributed by atoms with van der Waals surface area (Å²) in [5, 5.41) is 0. The van der Waals surface area contributed by atoms with Crippen molar-refractivity contribution in [2.75, 3.05) is 13.2 Å². The standard InChI is InChI=1S/C45H86O6/c1-5-7-9-11-13-15-16-17-18-20-26-30-34-38-45(48)51-42(39-49-43(46)36-32-28-24-19-14-12-10-8-6-2)40-50-44(47)37-33-29-25-22-21-23-27-31-35-41(3)4/h41-42H,5-40H2,1-4H3/t42-/m0/s1. The van der Waals surface area contributed by atoms with Crippen LogP contribution in [0.5, 0.6) is 0 Å². The van der Waals surface area contributed by atoms with E-state index in [1.54, 1.807) is 0 Å². The van der Waals surface area contributed by atoms with Crippen LogP contribution in [0.4, 0.5) is 0 Å². The second kappa shape index (κ2) is 39.6. The summed E-state index contributed by atoms with van der Waals surface area (Å²) in [6.07, 6.45) is 38.0. The van der Waals surface area contributed by atoms with Gasteiger partial charge in [0.1, 0.15) is 13.2 Å². The number of hydrogen-bond acceptors (Lipinski definition) is 6.